The van der Waals surface area contributed by atoms with Crippen molar-refractivity contribution in [2.75, 3.05) is 17.7 Å². The summed E-state index contributed by atoms with van der Waals surface area (Å²) in [5, 5.41) is 3.44. The van der Waals surface area contributed by atoms with E-state index in [1.165, 1.54) is 38.4 Å². The van der Waals surface area contributed by atoms with Gasteiger partial charge in [-0.05, 0) is 38.5 Å². The van der Waals surface area contributed by atoms with E-state index in [1.807, 2.05) is 6.92 Å². The molecule has 0 amide bonds. The van der Waals surface area contributed by atoms with Gasteiger partial charge in [0.15, 0.2) is 5.82 Å². The van der Waals surface area contributed by atoms with Crippen LogP contribution in [0, 0.1) is 5.92 Å². The van der Waals surface area contributed by atoms with Crippen LogP contribution in [0.1, 0.15) is 46.0 Å². The van der Waals surface area contributed by atoms with E-state index >= 15 is 0 Å². The summed E-state index contributed by atoms with van der Waals surface area (Å²) in [6.45, 7) is 4.75. The van der Waals surface area contributed by atoms with Gasteiger partial charge in [-0.15, -0.1) is 0 Å². The molecule has 0 atom stereocenters. The summed E-state index contributed by atoms with van der Waals surface area (Å²) < 4.78 is 5.38. The van der Waals surface area contributed by atoms with Crippen molar-refractivity contribution in [2.45, 2.75) is 52.0 Å². The van der Waals surface area contributed by atoms with Crippen molar-refractivity contribution in [2.24, 2.45) is 5.92 Å². The number of anilines is 2. The molecule has 1 aromatic heterocycles. The number of rotatable bonds is 5. The molecule has 19 heavy (non-hydrogen) atoms. The Bertz CT molecular complexity index is 402. The molecular weight excluding hydrogens is 240 g/mol. The summed E-state index contributed by atoms with van der Waals surface area (Å²) >= 11 is 0. The maximum atomic E-state index is 6.03. The quantitative estimate of drug-likeness (QED) is 0.855. The Morgan fingerprint density at radius 2 is 2.00 bits per heavy atom. The molecule has 1 aliphatic carbocycles. The minimum Gasteiger partial charge on any atom is -0.476 e. The van der Waals surface area contributed by atoms with Crippen molar-refractivity contribution in [3.05, 3.63) is 6.33 Å². The zero-order chi connectivity index (χ0) is 13.7. The SMILES string of the molecule is CCOc1ncnc(NC2CCC(CC)CC2)c1N. The number of ether oxygens (including phenoxy) is 1. The number of aromatic nitrogens is 2. The van der Waals surface area contributed by atoms with Crippen LogP contribution in [0.3, 0.4) is 0 Å². The Kier molecular flexibility index (Phi) is 4.82. The van der Waals surface area contributed by atoms with Crippen LogP contribution >= 0.6 is 0 Å². The summed E-state index contributed by atoms with van der Waals surface area (Å²) in [7, 11) is 0. The molecule has 0 aromatic carbocycles. The zero-order valence-corrected chi connectivity index (χ0v) is 11.9. The lowest BCUT2D eigenvalue weighted by molar-refractivity contribution is 0.326. The second-order valence-electron chi connectivity index (χ2n) is 5.14. The van der Waals surface area contributed by atoms with Crippen LogP contribution in [0.4, 0.5) is 11.5 Å². The number of nitrogens with one attached hydrogen (secondary N) is 1. The van der Waals surface area contributed by atoms with E-state index in [9.17, 15) is 0 Å². The summed E-state index contributed by atoms with van der Waals surface area (Å²) in [6.07, 6.45) is 7.74. The van der Waals surface area contributed by atoms with E-state index < -0.39 is 0 Å². The lowest BCUT2D eigenvalue weighted by atomic mass is 9.84. The molecule has 0 spiro atoms. The van der Waals surface area contributed by atoms with Crippen molar-refractivity contribution in [1.29, 1.82) is 0 Å². The fourth-order valence-corrected chi connectivity index (χ4v) is 2.65. The summed E-state index contributed by atoms with van der Waals surface area (Å²) in [5.41, 5.74) is 6.54. The Morgan fingerprint density at radius 1 is 1.26 bits per heavy atom. The van der Waals surface area contributed by atoms with Gasteiger partial charge in [0, 0.05) is 6.04 Å². The topological polar surface area (TPSA) is 73.1 Å². The highest BCUT2D eigenvalue weighted by molar-refractivity contribution is 5.66. The molecule has 0 radical (unpaired) electrons. The summed E-state index contributed by atoms with van der Waals surface area (Å²) in [4.78, 5) is 8.28. The highest BCUT2D eigenvalue weighted by Gasteiger charge is 2.21. The van der Waals surface area contributed by atoms with Crippen LogP contribution in [0.5, 0.6) is 5.88 Å². The van der Waals surface area contributed by atoms with Crippen molar-refractivity contribution >= 4 is 11.5 Å². The first-order chi connectivity index (χ1) is 9.24. The van der Waals surface area contributed by atoms with Gasteiger partial charge < -0.3 is 15.8 Å². The van der Waals surface area contributed by atoms with Gasteiger partial charge in [-0.3, -0.25) is 0 Å². The predicted octanol–water partition coefficient (Wildman–Crippen LogP) is 2.84. The smallest absolute Gasteiger partial charge is 0.242 e. The summed E-state index contributed by atoms with van der Waals surface area (Å²) in [5.74, 6) is 2.07. The van der Waals surface area contributed by atoms with Crippen molar-refractivity contribution in [3.8, 4) is 5.88 Å². The summed E-state index contributed by atoms with van der Waals surface area (Å²) in [6, 6.07) is 0.467. The number of nitrogens with zero attached hydrogens (tertiary/aromatic N) is 2. The lowest BCUT2D eigenvalue weighted by Gasteiger charge is -2.29. The van der Waals surface area contributed by atoms with Crippen molar-refractivity contribution in [3.63, 3.8) is 0 Å². The molecule has 0 unspecified atom stereocenters. The molecule has 1 aromatic rings. The minimum absolute atomic E-state index is 0.467. The number of hydrogen-bond acceptors (Lipinski definition) is 5. The van der Waals surface area contributed by atoms with E-state index in [-0.39, 0.29) is 0 Å². The second kappa shape index (κ2) is 6.59. The fraction of sp³-hybridized carbons (Fsp3) is 0.714. The molecule has 0 bridgehead atoms. The molecule has 1 aliphatic rings. The van der Waals surface area contributed by atoms with Crippen LogP contribution in [0.15, 0.2) is 6.33 Å². The average Bonchev–Trinajstić information content (AvgIpc) is 2.44. The van der Waals surface area contributed by atoms with E-state index in [4.69, 9.17) is 10.5 Å². The highest BCUT2D eigenvalue weighted by Crippen LogP contribution is 2.31. The third-order valence-corrected chi connectivity index (χ3v) is 3.89. The molecule has 5 nitrogen and oxygen atoms in total. The average molecular weight is 264 g/mol. The Hall–Kier alpha value is -1.52. The molecule has 1 fully saturated rings. The molecule has 1 heterocycles. The van der Waals surface area contributed by atoms with E-state index in [1.54, 1.807) is 0 Å². The molecular formula is C14H24N4O. The van der Waals surface area contributed by atoms with Gasteiger partial charge in [-0.25, -0.2) is 4.98 Å². The number of nitrogens with two attached hydrogens (primary N) is 1. The second-order valence-corrected chi connectivity index (χ2v) is 5.14. The molecule has 0 aliphatic heterocycles. The first-order valence-corrected chi connectivity index (χ1v) is 7.24. The van der Waals surface area contributed by atoms with Gasteiger partial charge in [0.1, 0.15) is 12.0 Å². The number of nitrogen functional groups attached to an aromatic ring is 1. The number of hydrogen-bond donors (Lipinski definition) is 2. The van der Waals surface area contributed by atoms with Crippen molar-refractivity contribution in [1.82, 2.24) is 9.97 Å². The van der Waals surface area contributed by atoms with Gasteiger partial charge in [0.25, 0.3) is 0 Å². The first kappa shape index (κ1) is 13.9. The zero-order valence-electron chi connectivity index (χ0n) is 11.9. The third-order valence-electron chi connectivity index (χ3n) is 3.89. The van der Waals surface area contributed by atoms with E-state index in [0.717, 1.165) is 5.92 Å². The first-order valence-electron chi connectivity index (χ1n) is 7.24. The van der Waals surface area contributed by atoms with Crippen LogP contribution in [0.25, 0.3) is 0 Å². The largest absolute Gasteiger partial charge is 0.476 e. The van der Waals surface area contributed by atoms with Gasteiger partial charge in [0.2, 0.25) is 5.88 Å². The maximum Gasteiger partial charge on any atom is 0.242 e. The Balaban J connectivity index is 1.98. The Morgan fingerprint density at radius 3 is 2.63 bits per heavy atom. The maximum absolute atomic E-state index is 6.03. The fourth-order valence-electron chi connectivity index (χ4n) is 2.65. The standard InChI is InChI=1S/C14H24N4O/c1-3-10-5-7-11(8-6-10)18-13-12(15)14(19-4-2)17-9-16-13/h9-11H,3-8,15H2,1-2H3,(H,16,17,18). The lowest BCUT2D eigenvalue weighted by Crippen LogP contribution is -2.27. The Labute approximate surface area is 115 Å². The molecule has 5 heteroatoms. The molecule has 1 saturated carbocycles. The van der Waals surface area contributed by atoms with Gasteiger partial charge in [0.05, 0.1) is 6.61 Å². The van der Waals surface area contributed by atoms with Crippen LogP contribution < -0.4 is 15.8 Å². The minimum atomic E-state index is 0.467. The molecule has 2 rings (SSSR count). The highest BCUT2D eigenvalue weighted by atomic mass is 16.5. The van der Waals surface area contributed by atoms with E-state index in [2.05, 4.69) is 22.2 Å². The predicted molar refractivity (Wildman–Crippen MR) is 77.3 cm³/mol. The monoisotopic (exact) mass is 264 g/mol. The molecule has 3 N–H and O–H groups in total. The third kappa shape index (κ3) is 3.49. The van der Waals surface area contributed by atoms with Gasteiger partial charge >= 0.3 is 0 Å². The van der Waals surface area contributed by atoms with E-state index in [0.29, 0.717) is 30.0 Å². The van der Waals surface area contributed by atoms with Gasteiger partial charge in [-0.1, -0.05) is 13.3 Å². The van der Waals surface area contributed by atoms with Crippen LogP contribution in [-0.2, 0) is 0 Å². The normalized spacial score (nSPS) is 23.1. The van der Waals surface area contributed by atoms with Crippen LogP contribution in [-0.4, -0.2) is 22.6 Å². The van der Waals surface area contributed by atoms with Crippen molar-refractivity contribution < 1.29 is 4.74 Å². The molecule has 0 saturated heterocycles. The van der Waals surface area contributed by atoms with Crippen LogP contribution in [0.2, 0.25) is 0 Å². The van der Waals surface area contributed by atoms with Gasteiger partial charge in [-0.2, -0.15) is 4.98 Å². The molecule has 106 valence electrons.